The third-order valence-electron chi connectivity index (χ3n) is 6.71. The van der Waals surface area contributed by atoms with Crippen LogP contribution in [0.3, 0.4) is 0 Å². The first-order chi connectivity index (χ1) is 18.1. The molecular weight excluding hydrogens is 512 g/mol. The predicted molar refractivity (Wildman–Crippen MR) is 147 cm³/mol. The van der Waals surface area contributed by atoms with Gasteiger partial charge in [0.1, 0.15) is 11.5 Å². The Hall–Kier alpha value is -3.77. The fourth-order valence-corrected chi connectivity index (χ4v) is 5.06. The Kier molecular flexibility index (Phi) is 6.93. The summed E-state index contributed by atoms with van der Waals surface area (Å²) in [5, 5.41) is 6.16. The quantitative estimate of drug-likeness (QED) is 0.465. The Bertz CT molecular complexity index is 1480. The molecule has 2 N–H and O–H groups in total. The van der Waals surface area contributed by atoms with Gasteiger partial charge in [-0.2, -0.15) is 4.98 Å². The Morgan fingerprint density at radius 3 is 2.37 bits per heavy atom. The van der Waals surface area contributed by atoms with Crippen molar-refractivity contribution >= 4 is 50.6 Å². The lowest BCUT2D eigenvalue weighted by Crippen LogP contribution is -2.45. The SMILES string of the molecule is CN1CCN(c2c(F)cc(Nc3nc4c(c(Nc5ccccc5N(C)S(C)(=O)=O)n3)C=CC4)cc2F)CC1. The first-order valence-corrected chi connectivity index (χ1v) is 14.0. The van der Waals surface area contributed by atoms with Crippen LogP contribution in [0.4, 0.5) is 43.3 Å². The number of nitrogens with one attached hydrogen (secondary N) is 2. The van der Waals surface area contributed by atoms with E-state index in [4.69, 9.17) is 0 Å². The van der Waals surface area contributed by atoms with E-state index in [1.165, 1.54) is 23.5 Å². The lowest BCUT2D eigenvalue weighted by molar-refractivity contribution is 0.310. The Balaban J connectivity index is 1.44. The normalized spacial score (nSPS) is 15.4. The fraction of sp³-hybridized carbons (Fsp3) is 0.308. The molecule has 2 heterocycles. The topological polar surface area (TPSA) is 93.7 Å². The molecule has 0 amide bonds. The molecule has 5 rings (SSSR count). The summed E-state index contributed by atoms with van der Waals surface area (Å²) in [6.45, 7) is 2.55. The van der Waals surface area contributed by atoms with Gasteiger partial charge >= 0.3 is 0 Å². The van der Waals surface area contributed by atoms with Gasteiger partial charge in [-0.3, -0.25) is 4.31 Å². The zero-order chi connectivity index (χ0) is 27.0. The number of anilines is 6. The van der Waals surface area contributed by atoms with Gasteiger partial charge in [-0.25, -0.2) is 22.2 Å². The van der Waals surface area contributed by atoms with Gasteiger partial charge in [0.05, 0.1) is 23.3 Å². The molecule has 1 aromatic heterocycles. The Labute approximate surface area is 220 Å². The van der Waals surface area contributed by atoms with Gasteiger partial charge < -0.3 is 20.4 Å². The molecule has 1 aliphatic carbocycles. The highest BCUT2D eigenvalue weighted by atomic mass is 32.2. The van der Waals surface area contributed by atoms with Crippen LogP contribution in [0, 0.1) is 11.6 Å². The molecule has 3 aromatic rings. The molecule has 2 aliphatic rings. The largest absolute Gasteiger partial charge is 0.364 e. The van der Waals surface area contributed by atoms with Gasteiger partial charge in [0.2, 0.25) is 16.0 Å². The van der Waals surface area contributed by atoms with E-state index in [-0.39, 0.29) is 17.3 Å². The fourth-order valence-electron chi connectivity index (χ4n) is 4.55. The molecule has 0 saturated carbocycles. The number of piperazine rings is 1. The van der Waals surface area contributed by atoms with Gasteiger partial charge in [0.25, 0.3) is 0 Å². The minimum absolute atomic E-state index is 0.0309. The van der Waals surface area contributed by atoms with Gasteiger partial charge in [-0.05, 0) is 31.3 Å². The molecule has 9 nitrogen and oxygen atoms in total. The van der Waals surface area contributed by atoms with Gasteiger partial charge in [0.15, 0.2) is 11.6 Å². The second-order valence-corrected chi connectivity index (χ2v) is 11.5. The maximum absolute atomic E-state index is 15.0. The number of halogens is 2. The summed E-state index contributed by atoms with van der Waals surface area (Å²) in [5.74, 6) is -0.711. The molecule has 1 aliphatic heterocycles. The van der Waals surface area contributed by atoms with Crippen LogP contribution in [0.5, 0.6) is 0 Å². The number of para-hydroxylation sites is 2. The molecule has 0 spiro atoms. The van der Waals surface area contributed by atoms with E-state index >= 15 is 8.78 Å². The van der Waals surface area contributed by atoms with Crippen LogP contribution in [0.1, 0.15) is 11.3 Å². The van der Waals surface area contributed by atoms with E-state index in [0.717, 1.165) is 30.6 Å². The molecule has 0 atom stereocenters. The van der Waals surface area contributed by atoms with Crippen LogP contribution in [0.15, 0.2) is 42.5 Å². The summed E-state index contributed by atoms with van der Waals surface area (Å²) in [7, 11) is -0.0411. The number of hydrogen-bond donors (Lipinski definition) is 2. The number of fused-ring (bicyclic) bond motifs is 1. The third kappa shape index (κ3) is 5.27. The number of allylic oxidation sites excluding steroid dienone is 1. The van der Waals surface area contributed by atoms with Crippen molar-refractivity contribution in [3.05, 3.63) is 65.4 Å². The van der Waals surface area contributed by atoms with E-state index in [1.807, 2.05) is 19.2 Å². The summed E-state index contributed by atoms with van der Waals surface area (Å²) in [6, 6.07) is 9.46. The maximum atomic E-state index is 15.0. The summed E-state index contributed by atoms with van der Waals surface area (Å²) < 4.78 is 55.6. The monoisotopic (exact) mass is 541 g/mol. The molecule has 1 fully saturated rings. The van der Waals surface area contributed by atoms with E-state index in [0.29, 0.717) is 36.7 Å². The number of hydrogen-bond acceptors (Lipinski definition) is 8. The van der Waals surface area contributed by atoms with Crippen molar-refractivity contribution in [3.8, 4) is 0 Å². The summed E-state index contributed by atoms with van der Waals surface area (Å²) in [5.41, 5.74) is 2.62. The van der Waals surface area contributed by atoms with E-state index in [9.17, 15) is 8.42 Å². The number of rotatable bonds is 7. The second-order valence-electron chi connectivity index (χ2n) is 9.44. The Morgan fingerprint density at radius 1 is 1.00 bits per heavy atom. The number of likely N-dealkylation sites (N-methyl/N-ethyl adjacent to an activating group) is 1. The van der Waals surface area contributed by atoms with Crippen LogP contribution in [-0.4, -0.2) is 69.8 Å². The molecule has 2 aromatic carbocycles. The van der Waals surface area contributed by atoms with Crippen LogP contribution in [0.2, 0.25) is 0 Å². The van der Waals surface area contributed by atoms with E-state index < -0.39 is 21.7 Å². The highest BCUT2D eigenvalue weighted by molar-refractivity contribution is 7.92. The van der Waals surface area contributed by atoms with Crippen molar-refractivity contribution in [1.82, 2.24) is 14.9 Å². The molecule has 1 saturated heterocycles. The average Bonchev–Trinajstić information content (AvgIpc) is 3.33. The minimum Gasteiger partial charge on any atom is -0.364 e. The average molecular weight is 542 g/mol. The van der Waals surface area contributed by atoms with Crippen molar-refractivity contribution < 1.29 is 17.2 Å². The van der Waals surface area contributed by atoms with Crippen molar-refractivity contribution in [3.63, 3.8) is 0 Å². The van der Waals surface area contributed by atoms with Crippen LogP contribution < -0.4 is 19.8 Å². The molecule has 0 radical (unpaired) electrons. The van der Waals surface area contributed by atoms with Crippen molar-refractivity contribution in [2.75, 3.05) is 66.4 Å². The number of sulfonamides is 1. The smallest absolute Gasteiger partial charge is 0.232 e. The molecule has 0 bridgehead atoms. The third-order valence-corrected chi connectivity index (χ3v) is 7.90. The lowest BCUT2D eigenvalue weighted by atomic mass is 10.2. The van der Waals surface area contributed by atoms with Crippen LogP contribution in [-0.2, 0) is 16.4 Å². The summed E-state index contributed by atoms with van der Waals surface area (Å²) >= 11 is 0. The zero-order valence-electron chi connectivity index (χ0n) is 21.4. The van der Waals surface area contributed by atoms with Crippen LogP contribution in [0.25, 0.3) is 6.08 Å². The number of aromatic nitrogens is 2. The maximum Gasteiger partial charge on any atom is 0.232 e. The van der Waals surface area contributed by atoms with Crippen molar-refractivity contribution in [2.45, 2.75) is 6.42 Å². The van der Waals surface area contributed by atoms with Gasteiger partial charge in [-0.1, -0.05) is 24.3 Å². The summed E-state index contributed by atoms with van der Waals surface area (Å²) in [6.07, 6.45) is 5.52. The van der Waals surface area contributed by atoms with E-state index in [1.54, 1.807) is 29.2 Å². The second kappa shape index (κ2) is 10.2. The highest BCUT2D eigenvalue weighted by Crippen LogP contribution is 2.34. The van der Waals surface area contributed by atoms with E-state index in [2.05, 4.69) is 25.5 Å². The lowest BCUT2D eigenvalue weighted by Gasteiger charge is -2.34. The highest BCUT2D eigenvalue weighted by Gasteiger charge is 2.23. The first-order valence-electron chi connectivity index (χ1n) is 12.2. The number of nitrogens with zero attached hydrogens (tertiary/aromatic N) is 5. The standard InChI is InChI=1S/C26H29F2N7O2S/c1-33-11-13-35(14-12-33)24-19(27)15-17(16-20(24)28)29-26-31-21-9-6-7-18(21)25(32-26)30-22-8-4-5-10-23(22)34(2)38(3,36)37/h4-8,10,15-16H,9,11-14H2,1-3H3,(H2,29,30,31,32). The Morgan fingerprint density at radius 2 is 1.68 bits per heavy atom. The predicted octanol–water partition coefficient (Wildman–Crippen LogP) is 3.96. The first kappa shape index (κ1) is 25.9. The molecule has 12 heteroatoms. The molecule has 0 unspecified atom stereocenters. The van der Waals surface area contributed by atoms with Crippen molar-refractivity contribution in [1.29, 1.82) is 0 Å². The minimum atomic E-state index is -3.50. The van der Waals surface area contributed by atoms with Gasteiger partial charge in [-0.15, -0.1) is 0 Å². The molecule has 200 valence electrons. The summed E-state index contributed by atoms with van der Waals surface area (Å²) in [4.78, 5) is 12.9. The van der Waals surface area contributed by atoms with Crippen molar-refractivity contribution in [2.24, 2.45) is 0 Å². The molecular formula is C26H29F2N7O2S. The molecule has 38 heavy (non-hydrogen) atoms. The van der Waals surface area contributed by atoms with Crippen LogP contribution >= 0.6 is 0 Å². The van der Waals surface area contributed by atoms with Gasteiger partial charge in [0, 0.05) is 50.9 Å². The number of benzene rings is 2. The zero-order valence-corrected chi connectivity index (χ0v) is 22.2.